The van der Waals surface area contributed by atoms with Crippen molar-refractivity contribution in [2.45, 2.75) is 25.7 Å². The summed E-state index contributed by atoms with van der Waals surface area (Å²) < 4.78 is 31.5. The first-order chi connectivity index (χ1) is 12.1. The molecule has 6 nitrogen and oxygen atoms in total. The second-order valence-electron chi connectivity index (χ2n) is 6.24. The highest BCUT2D eigenvalue weighted by Crippen LogP contribution is 2.23. The SMILES string of the molecule is COc1ccc(S(=O)(=O)N(C)CC(=O)Nc2ccc(C)c(C)c2)cc1C. The summed E-state index contributed by atoms with van der Waals surface area (Å²) in [5.41, 5.74) is 3.53. The average molecular weight is 376 g/mol. The number of anilines is 1. The molecule has 0 atom stereocenters. The van der Waals surface area contributed by atoms with Crippen molar-refractivity contribution in [3.8, 4) is 5.75 Å². The summed E-state index contributed by atoms with van der Waals surface area (Å²) in [5.74, 6) is 0.212. The molecule has 0 radical (unpaired) electrons. The van der Waals surface area contributed by atoms with Crippen LogP contribution in [-0.4, -0.2) is 39.3 Å². The Morgan fingerprint density at radius 2 is 1.73 bits per heavy atom. The fourth-order valence-electron chi connectivity index (χ4n) is 2.50. The Morgan fingerprint density at radius 1 is 1.04 bits per heavy atom. The second kappa shape index (κ2) is 7.88. The fourth-order valence-corrected chi connectivity index (χ4v) is 3.71. The van der Waals surface area contributed by atoms with Gasteiger partial charge in [-0.2, -0.15) is 4.31 Å². The number of hydrogen-bond acceptors (Lipinski definition) is 4. The van der Waals surface area contributed by atoms with Gasteiger partial charge in [-0.05, 0) is 67.8 Å². The molecule has 1 N–H and O–H groups in total. The Hall–Kier alpha value is -2.38. The third-order valence-electron chi connectivity index (χ3n) is 4.23. The van der Waals surface area contributed by atoms with Gasteiger partial charge in [0.2, 0.25) is 15.9 Å². The van der Waals surface area contributed by atoms with Crippen LogP contribution in [0.3, 0.4) is 0 Å². The lowest BCUT2D eigenvalue weighted by Gasteiger charge is -2.18. The highest BCUT2D eigenvalue weighted by molar-refractivity contribution is 7.89. The van der Waals surface area contributed by atoms with E-state index in [1.54, 1.807) is 19.1 Å². The van der Waals surface area contributed by atoms with E-state index in [1.807, 2.05) is 26.0 Å². The predicted molar refractivity (Wildman–Crippen MR) is 102 cm³/mol. The first-order valence-corrected chi connectivity index (χ1v) is 9.57. The highest BCUT2D eigenvalue weighted by atomic mass is 32.2. The van der Waals surface area contributed by atoms with Crippen molar-refractivity contribution in [1.29, 1.82) is 0 Å². The number of nitrogens with zero attached hydrogens (tertiary/aromatic N) is 1. The molecule has 140 valence electrons. The van der Waals surface area contributed by atoms with Crippen LogP contribution in [-0.2, 0) is 14.8 Å². The zero-order valence-electron chi connectivity index (χ0n) is 15.7. The van der Waals surface area contributed by atoms with Crippen LogP contribution in [0.4, 0.5) is 5.69 Å². The van der Waals surface area contributed by atoms with E-state index in [0.717, 1.165) is 15.4 Å². The van der Waals surface area contributed by atoms with Crippen molar-refractivity contribution in [2.24, 2.45) is 0 Å². The van der Waals surface area contributed by atoms with Crippen LogP contribution in [0.2, 0.25) is 0 Å². The number of sulfonamides is 1. The van der Waals surface area contributed by atoms with Crippen LogP contribution in [0.15, 0.2) is 41.3 Å². The maximum Gasteiger partial charge on any atom is 0.243 e. The molecule has 2 aromatic carbocycles. The Labute approximate surface area is 154 Å². The molecule has 0 bridgehead atoms. The maximum absolute atomic E-state index is 12.7. The molecule has 0 aliphatic heterocycles. The summed E-state index contributed by atoms with van der Waals surface area (Å²) in [6.45, 7) is 5.43. The van der Waals surface area contributed by atoms with E-state index in [2.05, 4.69) is 5.32 Å². The smallest absolute Gasteiger partial charge is 0.243 e. The van der Waals surface area contributed by atoms with Crippen LogP contribution >= 0.6 is 0 Å². The van der Waals surface area contributed by atoms with Crippen molar-refractivity contribution >= 4 is 21.6 Å². The van der Waals surface area contributed by atoms with Crippen LogP contribution in [0.25, 0.3) is 0 Å². The minimum atomic E-state index is -3.77. The van der Waals surface area contributed by atoms with Gasteiger partial charge >= 0.3 is 0 Å². The number of likely N-dealkylation sites (N-methyl/N-ethyl adjacent to an activating group) is 1. The number of amides is 1. The van der Waals surface area contributed by atoms with Gasteiger partial charge in [-0.3, -0.25) is 4.79 Å². The zero-order chi connectivity index (χ0) is 19.5. The monoisotopic (exact) mass is 376 g/mol. The van der Waals surface area contributed by atoms with Gasteiger partial charge < -0.3 is 10.1 Å². The summed E-state index contributed by atoms with van der Waals surface area (Å²) in [6, 6.07) is 10.2. The van der Waals surface area contributed by atoms with E-state index in [4.69, 9.17) is 4.74 Å². The number of methoxy groups -OCH3 is 1. The summed E-state index contributed by atoms with van der Waals surface area (Å²) in [5, 5.41) is 2.73. The van der Waals surface area contributed by atoms with Crippen LogP contribution in [0.1, 0.15) is 16.7 Å². The number of carbonyl (C=O) groups excluding carboxylic acids is 1. The molecule has 0 unspecified atom stereocenters. The largest absolute Gasteiger partial charge is 0.496 e. The van der Waals surface area contributed by atoms with E-state index < -0.39 is 15.9 Å². The molecule has 0 aliphatic carbocycles. The molecule has 0 saturated heterocycles. The van der Waals surface area contributed by atoms with Crippen molar-refractivity contribution in [2.75, 3.05) is 26.0 Å². The van der Waals surface area contributed by atoms with Crippen LogP contribution < -0.4 is 10.1 Å². The molecule has 2 aromatic rings. The van der Waals surface area contributed by atoms with Gasteiger partial charge in [-0.15, -0.1) is 0 Å². The number of nitrogens with one attached hydrogen (secondary N) is 1. The molecule has 2 rings (SSSR count). The number of hydrogen-bond donors (Lipinski definition) is 1. The highest BCUT2D eigenvalue weighted by Gasteiger charge is 2.23. The lowest BCUT2D eigenvalue weighted by molar-refractivity contribution is -0.116. The molecular formula is C19H24N2O4S. The molecule has 26 heavy (non-hydrogen) atoms. The molecule has 0 spiro atoms. The minimum Gasteiger partial charge on any atom is -0.496 e. The minimum absolute atomic E-state index is 0.122. The Morgan fingerprint density at radius 3 is 2.31 bits per heavy atom. The van der Waals surface area contributed by atoms with E-state index >= 15 is 0 Å². The van der Waals surface area contributed by atoms with Gasteiger partial charge in [0.15, 0.2) is 0 Å². The number of rotatable bonds is 6. The topological polar surface area (TPSA) is 75.7 Å². The van der Waals surface area contributed by atoms with E-state index in [0.29, 0.717) is 17.0 Å². The number of aryl methyl sites for hydroxylation is 3. The van der Waals surface area contributed by atoms with Gasteiger partial charge in [0.1, 0.15) is 5.75 Å². The van der Waals surface area contributed by atoms with E-state index in [1.165, 1.54) is 26.3 Å². The van der Waals surface area contributed by atoms with Crippen molar-refractivity contribution in [3.63, 3.8) is 0 Å². The standard InChI is InChI=1S/C19H24N2O4S/c1-13-6-7-16(10-14(13)2)20-19(22)12-21(4)26(23,24)17-8-9-18(25-5)15(3)11-17/h6-11H,12H2,1-5H3,(H,20,22). The van der Waals surface area contributed by atoms with Crippen molar-refractivity contribution in [1.82, 2.24) is 4.31 Å². The first kappa shape index (κ1) is 19.9. The third-order valence-corrected chi connectivity index (χ3v) is 6.03. The molecule has 0 aromatic heterocycles. The van der Waals surface area contributed by atoms with Gasteiger partial charge in [-0.25, -0.2) is 8.42 Å². The Kier molecular flexibility index (Phi) is 6.05. The summed E-state index contributed by atoms with van der Waals surface area (Å²) in [7, 11) is -0.860. The lowest BCUT2D eigenvalue weighted by atomic mass is 10.1. The lowest BCUT2D eigenvalue weighted by Crippen LogP contribution is -2.35. The molecular weight excluding hydrogens is 352 g/mol. The third kappa shape index (κ3) is 4.42. The molecule has 0 saturated carbocycles. The van der Waals surface area contributed by atoms with Crippen molar-refractivity contribution < 1.29 is 17.9 Å². The zero-order valence-corrected chi connectivity index (χ0v) is 16.5. The number of carbonyl (C=O) groups is 1. The summed E-state index contributed by atoms with van der Waals surface area (Å²) in [4.78, 5) is 12.3. The van der Waals surface area contributed by atoms with Gasteiger partial charge in [0.05, 0.1) is 18.6 Å². The molecule has 0 heterocycles. The Bertz CT molecular complexity index is 923. The van der Waals surface area contributed by atoms with E-state index in [9.17, 15) is 13.2 Å². The number of benzene rings is 2. The maximum atomic E-state index is 12.7. The molecule has 0 aliphatic rings. The number of ether oxygens (including phenoxy) is 1. The normalized spacial score (nSPS) is 11.5. The quantitative estimate of drug-likeness (QED) is 0.841. The van der Waals surface area contributed by atoms with Crippen LogP contribution in [0, 0.1) is 20.8 Å². The molecule has 1 amide bonds. The summed E-state index contributed by atoms with van der Waals surface area (Å²) in [6.07, 6.45) is 0. The fraction of sp³-hybridized carbons (Fsp3) is 0.316. The predicted octanol–water partition coefficient (Wildman–Crippen LogP) is 2.88. The first-order valence-electron chi connectivity index (χ1n) is 8.13. The Balaban J connectivity index is 2.11. The molecule has 0 fully saturated rings. The van der Waals surface area contributed by atoms with Crippen LogP contribution in [0.5, 0.6) is 5.75 Å². The second-order valence-corrected chi connectivity index (χ2v) is 8.28. The summed E-state index contributed by atoms with van der Waals surface area (Å²) >= 11 is 0. The average Bonchev–Trinajstić information content (AvgIpc) is 2.57. The van der Waals surface area contributed by atoms with Gasteiger partial charge in [-0.1, -0.05) is 6.07 Å². The van der Waals surface area contributed by atoms with Gasteiger partial charge in [0, 0.05) is 12.7 Å². The van der Waals surface area contributed by atoms with E-state index in [-0.39, 0.29) is 11.4 Å². The molecule has 7 heteroatoms. The van der Waals surface area contributed by atoms with Crippen molar-refractivity contribution in [3.05, 3.63) is 53.1 Å². The van der Waals surface area contributed by atoms with Gasteiger partial charge in [0.25, 0.3) is 0 Å².